The summed E-state index contributed by atoms with van der Waals surface area (Å²) in [5, 5.41) is 0. The molecule has 1 aliphatic heterocycles. The molecule has 0 unspecified atom stereocenters. The van der Waals surface area contributed by atoms with Crippen LogP contribution < -0.4 is 5.46 Å². The fourth-order valence-corrected chi connectivity index (χ4v) is 4.59. The largest absolute Gasteiger partial charge is 0.494 e. The lowest BCUT2D eigenvalue weighted by Crippen LogP contribution is -2.41. The summed E-state index contributed by atoms with van der Waals surface area (Å²) in [7, 11) is -0.654. The highest BCUT2D eigenvalue weighted by Crippen LogP contribution is 2.50. The van der Waals surface area contributed by atoms with Gasteiger partial charge in [0.05, 0.1) is 11.2 Å². The zero-order valence-corrected chi connectivity index (χ0v) is 21.9. The molecule has 1 aliphatic carbocycles. The monoisotopic (exact) mass is 501 g/mol. The van der Waals surface area contributed by atoms with Crippen molar-refractivity contribution in [3.8, 4) is 0 Å². The fraction of sp³-hybridized carbons (Fsp3) is 0.367. The van der Waals surface area contributed by atoms with Gasteiger partial charge in [0.15, 0.2) is 0 Å². The Labute approximate surface area is 218 Å². The molecule has 3 aromatic carbocycles. The minimum absolute atomic E-state index is 0.389. The molecule has 0 atom stereocenters. The van der Waals surface area contributed by atoms with Crippen molar-refractivity contribution in [3.05, 3.63) is 101 Å². The number of hydrogen-bond donors (Lipinski definition) is 0. The topological polar surface area (TPSA) is 48.0 Å². The molecular weight excluding hydrogens is 468 g/mol. The first-order valence-corrected chi connectivity index (χ1v) is 12.8. The van der Waals surface area contributed by atoms with Gasteiger partial charge in [-0.25, -0.2) is 9.18 Å². The van der Waals surface area contributed by atoms with Crippen molar-refractivity contribution in [3.63, 3.8) is 0 Å². The predicted octanol–water partition coefficient (Wildman–Crippen LogP) is 5.95. The highest BCUT2D eigenvalue weighted by atomic mass is 19.1. The van der Waals surface area contributed by atoms with Gasteiger partial charge in [0, 0.05) is 18.7 Å². The normalized spacial score (nSPS) is 18.9. The van der Waals surface area contributed by atoms with Gasteiger partial charge < -0.3 is 14.0 Å². The van der Waals surface area contributed by atoms with E-state index in [9.17, 15) is 4.79 Å². The van der Waals surface area contributed by atoms with Crippen molar-refractivity contribution in [1.82, 2.24) is 4.90 Å². The lowest BCUT2D eigenvalue weighted by Gasteiger charge is -2.32. The number of rotatable bonds is 7. The molecule has 5 rings (SSSR count). The number of ether oxygens (including phenoxy) is 1. The first kappa shape index (κ1) is 25.5. The Hall–Kier alpha value is -3.16. The summed E-state index contributed by atoms with van der Waals surface area (Å²) < 4.78 is 33.6. The van der Waals surface area contributed by atoms with Crippen LogP contribution in [-0.2, 0) is 32.7 Å². The first-order valence-electron chi connectivity index (χ1n) is 12.8. The summed E-state index contributed by atoms with van der Waals surface area (Å²) in [4.78, 5) is 15.1. The highest BCUT2D eigenvalue weighted by molar-refractivity contribution is 6.62. The fourth-order valence-electron chi connectivity index (χ4n) is 4.59. The van der Waals surface area contributed by atoms with Gasteiger partial charge in [-0.3, -0.25) is 4.90 Å². The van der Waals surface area contributed by atoms with Crippen LogP contribution in [0.2, 0.25) is 0 Å². The van der Waals surface area contributed by atoms with Gasteiger partial charge in [0.1, 0.15) is 11.4 Å². The summed E-state index contributed by atoms with van der Waals surface area (Å²) in [5.41, 5.74) is 1.01. The summed E-state index contributed by atoms with van der Waals surface area (Å²) in [6.45, 7) is 8.65. The molecule has 2 fully saturated rings. The van der Waals surface area contributed by atoms with Crippen LogP contribution in [-0.4, -0.2) is 29.3 Å². The van der Waals surface area contributed by atoms with E-state index in [1.807, 2.05) is 88.4 Å². The molecule has 0 bridgehead atoms. The lowest BCUT2D eigenvalue weighted by molar-refractivity contribution is 0.00578. The molecule has 2 aliphatic rings. The third kappa shape index (κ3) is 5.29. The van der Waals surface area contributed by atoms with Crippen molar-refractivity contribution in [2.24, 2.45) is 0 Å². The SMILES string of the molecule is CC1(C)OB(c2ccc(C3(OC(=O)N(Cc4ccccc4)Cc4ccccc4)CC3)c(F)c2)OC1(C)C. The second kappa shape index (κ2) is 9.62. The third-order valence-corrected chi connectivity index (χ3v) is 7.69. The Morgan fingerprint density at radius 1 is 0.865 bits per heavy atom. The molecule has 37 heavy (non-hydrogen) atoms. The second-order valence-electron chi connectivity index (χ2n) is 11.0. The van der Waals surface area contributed by atoms with E-state index in [2.05, 4.69) is 0 Å². The molecule has 1 saturated carbocycles. The highest BCUT2D eigenvalue weighted by Gasteiger charge is 2.53. The number of benzene rings is 3. The van der Waals surface area contributed by atoms with E-state index in [-0.39, 0.29) is 0 Å². The van der Waals surface area contributed by atoms with E-state index in [4.69, 9.17) is 14.0 Å². The Balaban J connectivity index is 1.34. The molecule has 7 heteroatoms. The summed E-state index contributed by atoms with van der Waals surface area (Å²) >= 11 is 0. The maximum Gasteiger partial charge on any atom is 0.494 e. The molecule has 0 N–H and O–H groups in total. The van der Waals surface area contributed by atoms with Crippen LogP contribution in [0.3, 0.4) is 0 Å². The minimum atomic E-state index is -0.957. The second-order valence-corrected chi connectivity index (χ2v) is 11.0. The van der Waals surface area contributed by atoms with E-state index in [1.165, 1.54) is 6.07 Å². The van der Waals surface area contributed by atoms with E-state index in [0.29, 0.717) is 37.0 Å². The zero-order chi connectivity index (χ0) is 26.3. The molecule has 0 aromatic heterocycles. The number of carbonyl (C=O) groups is 1. The molecule has 3 aromatic rings. The van der Waals surface area contributed by atoms with Gasteiger partial charge in [-0.2, -0.15) is 0 Å². The quantitative estimate of drug-likeness (QED) is 0.376. The van der Waals surface area contributed by atoms with Crippen LogP contribution in [0, 0.1) is 5.82 Å². The average molecular weight is 501 g/mol. The maximum absolute atomic E-state index is 15.5. The molecule has 192 valence electrons. The number of carbonyl (C=O) groups excluding carboxylic acids is 1. The van der Waals surface area contributed by atoms with Gasteiger partial charge in [0.2, 0.25) is 0 Å². The van der Waals surface area contributed by atoms with Crippen LogP contribution in [0.4, 0.5) is 9.18 Å². The van der Waals surface area contributed by atoms with E-state index >= 15 is 4.39 Å². The van der Waals surface area contributed by atoms with Crippen molar-refractivity contribution in [2.75, 3.05) is 0 Å². The smallest absolute Gasteiger partial charge is 0.438 e. The van der Waals surface area contributed by atoms with Crippen LogP contribution in [0.25, 0.3) is 0 Å². The van der Waals surface area contributed by atoms with Crippen molar-refractivity contribution in [1.29, 1.82) is 0 Å². The minimum Gasteiger partial charge on any atom is -0.438 e. The molecule has 1 amide bonds. The third-order valence-electron chi connectivity index (χ3n) is 7.69. The van der Waals surface area contributed by atoms with Crippen molar-refractivity contribution >= 4 is 18.7 Å². The summed E-state index contributed by atoms with van der Waals surface area (Å²) in [5.74, 6) is -0.421. The number of nitrogens with zero attached hydrogens (tertiary/aromatic N) is 1. The van der Waals surface area contributed by atoms with E-state index < -0.39 is 35.8 Å². The number of hydrogen-bond acceptors (Lipinski definition) is 4. The Kier molecular flexibility index (Phi) is 6.63. The van der Waals surface area contributed by atoms with E-state index in [1.54, 1.807) is 17.0 Å². The molecule has 1 heterocycles. The Morgan fingerprint density at radius 3 is 1.84 bits per heavy atom. The van der Waals surface area contributed by atoms with Crippen LogP contribution >= 0.6 is 0 Å². The van der Waals surface area contributed by atoms with Crippen LogP contribution in [0.1, 0.15) is 57.2 Å². The Morgan fingerprint density at radius 2 is 1.38 bits per heavy atom. The van der Waals surface area contributed by atoms with Gasteiger partial charge in [-0.05, 0) is 63.2 Å². The molecule has 1 saturated heterocycles. The maximum atomic E-state index is 15.5. The van der Waals surface area contributed by atoms with Crippen LogP contribution in [0.5, 0.6) is 0 Å². The lowest BCUT2D eigenvalue weighted by atomic mass is 9.78. The zero-order valence-electron chi connectivity index (χ0n) is 21.9. The molecule has 5 nitrogen and oxygen atoms in total. The van der Waals surface area contributed by atoms with Crippen molar-refractivity contribution < 1.29 is 23.2 Å². The summed E-state index contributed by atoms with van der Waals surface area (Å²) in [6.07, 6.45) is 0.700. The molecule has 0 spiro atoms. The van der Waals surface area contributed by atoms with Crippen molar-refractivity contribution in [2.45, 2.75) is 70.4 Å². The summed E-state index contributed by atoms with van der Waals surface area (Å²) in [6, 6.07) is 24.5. The van der Waals surface area contributed by atoms with E-state index in [0.717, 1.165) is 11.1 Å². The molecular formula is C30H33BFNO4. The van der Waals surface area contributed by atoms with Crippen LogP contribution in [0.15, 0.2) is 78.9 Å². The number of amides is 1. The standard InChI is InChI=1S/C30H33BFNO4/c1-28(2)29(3,4)37-31(36-28)24-15-16-25(26(32)19-24)30(17-18-30)35-27(34)33(20-22-11-7-5-8-12-22)21-23-13-9-6-10-14-23/h5-16,19H,17-18,20-21H2,1-4H3. The van der Waals surface area contributed by atoms with Gasteiger partial charge >= 0.3 is 13.2 Å². The number of halogens is 1. The molecule has 0 radical (unpaired) electrons. The average Bonchev–Trinajstić information content (AvgIpc) is 3.59. The predicted molar refractivity (Wildman–Crippen MR) is 142 cm³/mol. The Bertz CT molecular complexity index is 1200. The van der Waals surface area contributed by atoms with Gasteiger partial charge in [0.25, 0.3) is 0 Å². The van der Waals surface area contributed by atoms with Gasteiger partial charge in [-0.1, -0.05) is 72.8 Å². The first-order chi connectivity index (χ1) is 17.6. The van der Waals surface area contributed by atoms with Gasteiger partial charge in [-0.15, -0.1) is 0 Å².